The number of nitrogens with one attached hydrogen (secondary N) is 1. The van der Waals surface area contributed by atoms with Gasteiger partial charge in [0.2, 0.25) is 0 Å². The van der Waals surface area contributed by atoms with E-state index in [1.54, 1.807) is 0 Å². The first-order valence-electron chi connectivity index (χ1n) is 6.77. The molecule has 2 N–H and O–H groups in total. The second-order valence-corrected chi connectivity index (χ2v) is 6.21. The maximum Gasteiger partial charge on any atom is 0.306 e. The molecule has 0 bridgehead atoms. The van der Waals surface area contributed by atoms with Crippen LogP contribution in [0.15, 0.2) is 22.7 Å². The number of halogens is 1. The van der Waals surface area contributed by atoms with Gasteiger partial charge >= 0.3 is 5.97 Å². The lowest BCUT2D eigenvalue weighted by Crippen LogP contribution is -2.34. The second kappa shape index (κ2) is 6.53. The first-order valence-corrected chi connectivity index (χ1v) is 7.57. The van der Waals surface area contributed by atoms with Crippen molar-refractivity contribution in [3.63, 3.8) is 0 Å². The van der Waals surface area contributed by atoms with Gasteiger partial charge in [0.15, 0.2) is 0 Å². The highest BCUT2D eigenvalue weighted by molar-refractivity contribution is 9.10. The average Bonchev–Trinajstić information content (AvgIpc) is 2.40. The summed E-state index contributed by atoms with van der Waals surface area (Å²) in [6.07, 6.45) is 3.52. The SMILES string of the molecule is Cc1ccc(CNC2CCC(C(=O)O)CC2)cc1Br. The number of hydrogen-bond donors (Lipinski definition) is 2. The predicted molar refractivity (Wildman–Crippen MR) is 79.1 cm³/mol. The van der Waals surface area contributed by atoms with Crippen LogP contribution in [-0.4, -0.2) is 17.1 Å². The van der Waals surface area contributed by atoms with E-state index in [4.69, 9.17) is 5.11 Å². The normalized spacial score (nSPS) is 23.3. The van der Waals surface area contributed by atoms with Crippen LogP contribution in [0.1, 0.15) is 36.8 Å². The van der Waals surface area contributed by atoms with Crippen LogP contribution in [0.4, 0.5) is 0 Å². The standard InChI is InChI=1S/C15H20BrNO2/c1-10-2-3-11(8-14(10)16)9-17-13-6-4-12(5-7-13)15(18)19/h2-3,8,12-13,17H,4-7,9H2,1H3,(H,18,19). The van der Waals surface area contributed by atoms with Crippen LogP contribution in [0.3, 0.4) is 0 Å². The van der Waals surface area contributed by atoms with Gasteiger partial charge in [-0.3, -0.25) is 4.79 Å². The van der Waals surface area contributed by atoms with Gasteiger partial charge in [-0.05, 0) is 49.8 Å². The molecule has 1 aromatic carbocycles. The maximum atomic E-state index is 10.9. The van der Waals surface area contributed by atoms with Crippen molar-refractivity contribution in [3.8, 4) is 0 Å². The highest BCUT2D eigenvalue weighted by Gasteiger charge is 2.25. The molecule has 1 fully saturated rings. The first kappa shape index (κ1) is 14.5. The molecular formula is C15H20BrNO2. The molecule has 0 aromatic heterocycles. The van der Waals surface area contributed by atoms with E-state index in [1.165, 1.54) is 11.1 Å². The lowest BCUT2D eigenvalue weighted by Gasteiger charge is -2.27. The van der Waals surface area contributed by atoms with E-state index in [0.29, 0.717) is 6.04 Å². The van der Waals surface area contributed by atoms with Crippen LogP contribution < -0.4 is 5.32 Å². The molecule has 1 aromatic rings. The summed E-state index contributed by atoms with van der Waals surface area (Å²) in [5.41, 5.74) is 2.50. The highest BCUT2D eigenvalue weighted by Crippen LogP contribution is 2.25. The molecule has 0 saturated heterocycles. The minimum atomic E-state index is -0.638. The Morgan fingerprint density at radius 2 is 2.05 bits per heavy atom. The summed E-state index contributed by atoms with van der Waals surface area (Å²) < 4.78 is 1.14. The molecule has 0 aliphatic heterocycles. The Labute approximate surface area is 122 Å². The number of carboxylic acid groups (broad SMARTS) is 1. The van der Waals surface area contributed by atoms with E-state index in [-0.39, 0.29) is 5.92 Å². The number of carboxylic acids is 1. The molecule has 0 atom stereocenters. The number of benzene rings is 1. The Hall–Kier alpha value is -0.870. The molecule has 1 aliphatic carbocycles. The quantitative estimate of drug-likeness (QED) is 0.890. The second-order valence-electron chi connectivity index (χ2n) is 5.35. The minimum absolute atomic E-state index is 0.133. The molecule has 104 valence electrons. The van der Waals surface area contributed by atoms with Crippen molar-refractivity contribution in [2.45, 2.75) is 45.2 Å². The van der Waals surface area contributed by atoms with Crippen LogP contribution in [0.25, 0.3) is 0 Å². The number of hydrogen-bond acceptors (Lipinski definition) is 2. The Kier molecular flexibility index (Phi) is 4.99. The molecule has 4 heteroatoms. The summed E-state index contributed by atoms with van der Waals surface area (Å²) in [6.45, 7) is 2.93. The number of rotatable bonds is 4. The summed E-state index contributed by atoms with van der Waals surface area (Å²) in [5.74, 6) is -0.771. The summed E-state index contributed by atoms with van der Waals surface area (Å²) in [4.78, 5) is 10.9. The highest BCUT2D eigenvalue weighted by atomic mass is 79.9. The van der Waals surface area contributed by atoms with Crippen molar-refractivity contribution in [3.05, 3.63) is 33.8 Å². The molecule has 0 spiro atoms. The van der Waals surface area contributed by atoms with Crippen molar-refractivity contribution in [1.82, 2.24) is 5.32 Å². The van der Waals surface area contributed by atoms with Gasteiger partial charge in [0.1, 0.15) is 0 Å². The number of carbonyl (C=O) groups is 1. The van der Waals surface area contributed by atoms with E-state index >= 15 is 0 Å². The zero-order chi connectivity index (χ0) is 13.8. The van der Waals surface area contributed by atoms with E-state index in [9.17, 15) is 4.79 Å². The smallest absolute Gasteiger partial charge is 0.306 e. The Morgan fingerprint density at radius 1 is 1.37 bits per heavy atom. The Morgan fingerprint density at radius 3 is 2.63 bits per heavy atom. The van der Waals surface area contributed by atoms with Crippen molar-refractivity contribution < 1.29 is 9.90 Å². The van der Waals surface area contributed by atoms with E-state index in [1.807, 2.05) is 0 Å². The zero-order valence-electron chi connectivity index (χ0n) is 11.2. The van der Waals surface area contributed by atoms with Crippen molar-refractivity contribution in [1.29, 1.82) is 0 Å². The molecule has 2 rings (SSSR count). The first-order chi connectivity index (χ1) is 9.06. The third kappa shape index (κ3) is 4.05. The van der Waals surface area contributed by atoms with Crippen LogP contribution in [-0.2, 0) is 11.3 Å². The number of aryl methyl sites for hydroxylation is 1. The van der Waals surface area contributed by atoms with Crippen molar-refractivity contribution in [2.24, 2.45) is 5.92 Å². The lowest BCUT2D eigenvalue weighted by molar-refractivity contribution is -0.142. The topological polar surface area (TPSA) is 49.3 Å². The van der Waals surface area contributed by atoms with Crippen LogP contribution in [0.2, 0.25) is 0 Å². The molecule has 0 unspecified atom stereocenters. The van der Waals surface area contributed by atoms with Gasteiger partial charge in [0, 0.05) is 17.1 Å². The molecular weight excluding hydrogens is 306 g/mol. The van der Waals surface area contributed by atoms with Crippen molar-refractivity contribution in [2.75, 3.05) is 0 Å². The monoisotopic (exact) mass is 325 g/mol. The van der Waals surface area contributed by atoms with Crippen LogP contribution in [0.5, 0.6) is 0 Å². The fourth-order valence-corrected chi connectivity index (χ4v) is 2.98. The molecule has 3 nitrogen and oxygen atoms in total. The molecule has 0 radical (unpaired) electrons. The third-order valence-corrected chi connectivity index (χ3v) is 4.76. The summed E-state index contributed by atoms with van der Waals surface area (Å²) in [6, 6.07) is 6.85. The van der Waals surface area contributed by atoms with Gasteiger partial charge in [0.05, 0.1) is 5.92 Å². The lowest BCUT2D eigenvalue weighted by atomic mass is 9.86. The van der Waals surface area contributed by atoms with E-state index in [0.717, 1.165) is 36.7 Å². The largest absolute Gasteiger partial charge is 0.481 e. The van der Waals surface area contributed by atoms with Crippen LogP contribution in [0, 0.1) is 12.8 Å². The molecule has 19 heavy (non-hydrogen) atoms. The summed E-state index contributed by atoms with van der Waals surface area (Å²) in [5, 5.41) is 12.5. The molecule has 0 heterocycles. The van der Waals surface area contributed by atoms with Crippen LogP contribution >= 0.6 is 15.9 Å². The molecule has 1 saturated carbocycles. The maximum absolute atomic E-state index is 10.9. The van der Waals surface area contributed by atoms with Gasteiger partial charge in [-0.25, -0.2) is 0 Å². The van der Waals surface area contributed by atoms with Gasteiger partial charge in [0.25, 0.3) is 0 Å². The fraction of sp³-hybridized carbons (Fsp3) is 0.533. The van der Waals surface area contributed by atoms with E-state index < -0.39 is 5.97 Å². The van der Waals surface area contributed by atoms with Gasteiger partial charge in [-0.2, -0.15) is 0 Å². The molecule has 0 amide bonds. The fourth-order valence-electron chi connectivity index (χ4n) is 2.55. The van der Waals surface area contributed by atoms with E-state index in [2.05, 4.69) is 46.4 Å². The summed E-state index contributed by atoms with van der Waals surface area (Å²) in [7, 11) is 0. The third-order valence-electron chi connectivity index (χ3n) is 3.91. The van der Waals surface area contributed by atoms with Gasteiger partial charge in [-0.15, -0.1) is 0 Å². The Balaban J connectivity index is 1.80. The zero-order valence-corrected chi connectivity index (χ0v) is 12.7. The predicted octanol–water partition coefficient (Wildman–Crippen LogP) is 3.49. The number of aliphatic carboxylic acids is 1. The van der Waals surface area contributed by atoms with Crippen molar-refractivity contribution >= 4 is 21.9 Å². The average molecular weight is 326 g/mol. The summed E-state index contributed by atoms with van der Waals surface area (Å²) >= 11 is 3.54. The Bertz CT molecular complexity index is 453. The van der Waals surface area contributed by atoms with Gasteiger partial charge < -0.3 is 10.4 Å². The minimum Gasteiger partial charge on any atom is -0.481 e. The van der Waals surface area contributed by atoms with Gasteiger partial charge in [-0.1, -0.05) is 28.1 Å². The molecule has 1 aliphatic rings.